The SMILES string of the molecule is C=CCN(CC=C)[C](O)C=C. The Kier molecular flexibility index (Phi) is 5.43. The van der Waals surface area contributed by atoms with Crippen molar-refractivity contribution >= 4 is 0 Å². The van der Waals surface area contributed by atoms with E-state index in [-0.39, 0.29) is 6.23 Å². The minimum Gasteiger partial charge on any atom is -0.368 e. The van der Waals surface area contributed by atoms with Crippen LogP contribution in [0.1, 0.15) is 0 Å². The third kappa shape index (κ3) is 3.75. The van der Waals surface area contributed by atoms with Gasteiger partial charge in [0, 0.05) is 13.1 Å². The average molecular weight is 152 g/mol. The highest BCUT2D eigenvalue weighted by molar-refractivity contribution is 4.99. The van der Waals surface area contributed by atoms with E-state index in [1.54, 1.807) is 17.1 Å². The molecule has 0 amide bonds. The molecule has 2 nitrogen and oxygen atoms in total. The van der Waals surface area contributed by atoms with Gasteiger partial charge in [-0.15, -0.1) is 13.2 Å². The summed E-state index contributed by atoms with van der Waals surface area (Å²) in [5.74, 6) is 0. The average Bonchev–Trinajstić information content (AvgIpc) is 2.03. The fourth-order valence-electron chi connectivity index (χ4n) is 0.702. The summed E-state index contributed by atoms with van der Waals surface area (Å²) in [7, 11) is 0. The van der Waals surface area contributed by atoms with E-state index in [4.69, 9.17) is 0 Å². The first kappa shape index (κ1) is 10.1. The molecular formula is C9H14NO. The van der Waals surface area contributed by atoms with E-state index in [0.29, 0.717) is 13.1 Å². The highest BCUT2D eigenvalue weighted by Gasteiger charge is 2.08. The molecule has 0 bridgehead atoms. The normalized spacial score (nSPS) is 10.1. The van der Waals surface area contributed by atoms with E-state index in [1.807, 2.05) is 0 Å². The molecule has 11 heavy (non-hydrogen) atoms. The van der Waals surface area contributed by atoms with Crippen molar-refractivity contribution in [3.63, 3.8) is 0 Å². The van der Waals surface area contributed by atoms with Gasteiger partial charge in [0.05, 0.1) is 0 Å². The lowest BCUT2D eigenvalue weighted by Crippen LogP contribution is -2.27. The summed E-state index contributed by atoms with van der Waals surface area (Å²) >= 11 is 0. The van der Waals surface area contributed by atoms with Crippen molar-refractivity contribution in [2.75, 3.05) is 13.1 Å². The summed E-state index contributed by atoms with van der Waals surface area (Å²) in [6, 6.07) is 0. The summed E-state index contributed by atoms with van der Waals surface area (Å²) < 4.78 is 0. The summed E-state index contributed by atoms with van der Waals surface area (Å²) in [4.78, 5) is 1.70. The van der Waals surface area contributed by atoms with Crippen molar-refractivity contribution in [1.82, 2.24) is 4.90 Å². The molecule has 0 heterocycles. The lowest BCUT2D eigenvalue weighted by Gasteiger charge is -2.20. The molecule has 0 fully saturated rings. The molecule has 0 rings (SSSR count). The van der Waals surface area contributed by atoms with E-state index in [0.717, 1.165) is 0 Å². The van der Waals surface area contributed by atoms with Crippen LogP contribution in [-0.2, 0) is 0 Å². The van der Waals surface area contributed by atoms with Gasteiger partial charge in [0.15, 0.2) is 6.23 Å². The Labute approximate surface area is 68.1 Å². The molecule has 0 saturated carbocycles. The van der Waals surface area contributed by atoms with Gasteiger partial charge in [-0.1, -0.05) is 18.7 Å². The summed E-state index contributed by atoms with van der Waals surface area (Å²) in [5, 5.41) is 9.21. The standard InChI is InChI=1S/C9H14NO/c1-4-7-10(8-5-2)9(11)6-3/h4-6,11H,1-3,7-8H2. The van der Waals surface area contributed by atoms with Gasteiger partial charge in [0.25, 0.3) is 0 Å². The second kappa shape index (κ2) is 5.89. The van der Waals surface area contributed by atoms with Crippen LogP contribution in [0.2, 0.25) is 0 Å². The number of hydrogen-bond donors (Lipinski definition) is 1. The van der Waals surface area contributed by atoms with Gasteiger partial charge in [0.1, 0.15) is 0 Å². The number of rotatable bonds is 6. The lowest BCUT2D eigenvalue weighted by atomic mass is 10.4. The maximum absolute atomic E-state index is 9.21. The molecule has 0 spiro atoms. The zero-order chi connectivity index (χ0) is 8.69. The lowest BCUT2D eigenvalue weighted by molar-refractivity contribution is 0.164. The first-order valence-electron chi connectivity index (χ1n) is 3.41. The van der Waals surface area contributed by atoms with E-state index in [1.165, 1.54) is 6.08 Å². The Morgan fingerprint density at radius 2 is 1.64 bits per heavy atom. The van der Waals surface area contributed by atoms with Gasteiger partial charge in [-0.3, -0.25) is 4.90 Å². The minimum absolute atomic E-state index is 0.157. The van der Waals surface area contributed by atoms with Crippen LogP contribution in [0.25, 0.3) is 0 Å². The zero-order valence-corrected chi connectivity index (χ0v) is 6.66. The first-order chi connectivity index (χ1) is 5.26. The number of hydrogen-bond acceptors (Lipinski definition) is 2. The molecule has 61 valence electrons. The Hall–Kier alpha value is -0.860. The molecule has 0 saturated heterocycles. The molecule has 0 aliphatic rings. The van der Waals surface area contributed by atoms with Crippen LogP contribution in [0.3, 0.4) is 0 Å². The van der Waals surface area contributed by atoms with Crippen molar-refractivity contribution in [2.45, 2.75) is 0 Å². The molecule has 0 aromatic heterocycles. The van der Waals surface area contributed by atoms with Crippen LogP contribution in [0.15, 0.2) is 38.0 Å². The first-order valence-corrected chi connectivity index (χ1v) is 3.41. The Morgan fingerprint density at radius 1 is 1.18 bits per heavy atom. The van der Waals surface area contributed by atoms with Crippen LogP contribution in [-0.4, -0.2) is 23.1 Å². The second-order valence-corrected chi connectivity index (χ2v) is 2.04. The second-order valence-electron chi connectivity index (χ2n) is 2.04. The fourth-order valence-corrected chi connectivity index (χ4v) is 0.702. The van der Waals surface area contributed by atoms with Crippen molar-refractivity contribution in [3.05, 3.63) is 44.2 Å². The van der Waals surface area contributed by atoms with E-state index >= 15 is 0 Å². The molecule has 0 aliphatic carbocycles. The minimum atomic E-state index is 0.157. The smallest absolute Gasteiger partial charge is 0.185 e. The third-order valence-electron chi connectivity index (χ3n) is 1.21. The van der Waals surface area contributed by atoms with Gasteiger partial charge in [0.2, 0.25) is 0 Å². The number of aliphatic hydroxyl groups is 1. The monoisotopic (exact) mass is 152 g/mol. The van der Waals surface area contributed by atoms with E-state index < -0.39 is 0 Å². The maximum atomic E-state index is 9.21. The van der Waals surface area contributed by atoms with Gasteiger partial charge in [-0.2, -0.15) is 0 Å². The maximum Gasteiger partial charge on any atom is 0.185 e. The molecule has 2 heteroatoms. The number of nitrogens with zero attached hydrogens (tertiary/aromatic N) is 1. The molecular weight excluding hydrogens is 138 g/mol. The van der Waals surface area contributed by atoms with Crippen molar-refractivity contribution in [2.24, 2.45) is 0 Å². The molecule has 0 unspecified atom stereocenters. The molecule has 0 atom stereocenters. The molecule has 0 aromatic carbocycles. The largest absolute Gasteiger partial charge is 0.368 e. The van der Waals surface area contributed by atoms with Gasteiger partial charge in [-0.25, -0.2) is 0 Å². The predicted octanol–water partition coefficient (Wildman–Crippen LogP) is 1.71. The van der Waals surface area contributed by atoms with Crippen LogP contribution >= 0.6 is 0 Å². The summed E-state index contributed by atoms with van der Waals surface area (Å²) in [5.41, 5.74) is 0. The van der Waals surface area contributed by atoms with Crippen molar-refractivity contribution in [1.29, 1.82) is 0 Å². The van der Waals surface area contributed by atoms with Gasteiger partial charge < -0.3 is 5.11 Å². The van der Waals surface area contributed by atoms with E-state index in [2.05, 4.69) is 19.7 Å². The van der Waals surface area contributed by atoms with Gasteiger partial charge >= 0.3 is 0 Å². The third-order valence-corrected chi connectivity index (χ3v) is 1.21. The van der Waals surface area contributed by atoms with Crippen LogP contribution in [0.4, 0.5) is 0 Å². The van der Waals surface area contributed by atoms with Crippen LogP contribution in [0.5, 0.6) is 0 Å². The Bertz CT molecular complexity index is 132. The molecule has 1 N–H and O–H groups in total. The molecule has 0 aromatic rings. The van der Waals surface area contributed by atoms with Crippen LogP contribution in [0, 0.1) is 6.23 Å². The highest BCUT2D eigenvalue weighted by Crippen LogP contribution is 2.04. The van der Waals surface area contributed by atoms with Crippen molar-refractivity contribution < 1.29 is 5.11 Å². The Balaban J connectivity index is 3.94. The van der Waals surface area contributed by atoms with Crippen LogP contribution < -0.4 is 0 Å². The zero-order valence-electron chi connectivity index (χ0n) is 6.66. The topological polar surface area (TPSA) is 23.5 Å². The summed E-state index contributed by atoms with van der Waals surface area (Å²) in [6.45, 7) is 11.8. The molecule has 1 radical (unpaired) electrons. The fraction of sp³-hybridized carbons (Fsp3) is 0.222. The predicted molar refractivity (Wildman–Crippen MR) is 47.3 cm³/mol. The van der Waals surface area contributed by atoms with Gasteiger partial charge in [-0.05, 0) is 6.08 Å². The summed E-state index contributed by atoms with van der Waals surface area (Å²) in [6.07, 6.45) is 4.98. The van der Waals surface area contributed by atoms with Crippen molar-refractivity contribution in [3.8, 4) is 0 Å². The molecule has 0 aliphatic heterocycles. The highest BCUT2D eigenvalue weighted by atomic mass is 16.3. The number of aliphatic hydroxyl groups excluding tert-OH is 1. The Morgan fingerprint density at radius 3 is 1.91 bits per heavy atom. The van der Waals surface area contributed by atoms with E-state index in [9.17, 15) is 5.11 Å². The quantitative estimate of drug-likeness (QED) is 0.586.